The number of amides is 1. The van der Waals surface area contributed by atoms with Crippen LogP contribution in [0.1, 0.15) is 20.8 Å². The summed E-state index contributed by atoms with van der Waals surface area (Å²) in [5, 5.41) is 15.9. The van der Waals surface area contributed by atoms with Gasteiger partial charge in [0.05, 0.1) is 4.92 Å². The first-order chi connectivity index (χ1) is 9.14. The van der Waals surface area contributed by atoms with E-state index in [9.17, 15) is 14.9 Å². The molecule has 110 valence electrons. The molecule has 0 aromatic carbocycles. The number of carbonyl (C=O) groups is 1. The van der Waals surface area contributed by atoms with Gasteiger partial charge in [-0.15, -0.1) is 0 Å². The summed E-state index contributed by atoms with van der Waals surface area (Å²) >= 11 is 5.76. The second kappa shape index (κ2) is 5.91. The van der Waals surface area contributed by atoms with Crippen LogP contribution in [0.25, 0.3) is 0 Å². The molecule has 0 bridgehead atoms. The SMILES string of the molecule is CNc1nc(Cl)cc(NC(=O)OC(C)(C)C)c1[N+](=O)[O-]. The quantitative estimate of drug-likeness (QED) is 0.505. The van der Waals surface area contributed by atoms with E-state index in [0.717, 1.165) is 0 Å². The molecule has 0 fully saturated rings. The maximum Gasteiger partial charge on any atom is 0.412 e. The average molecular weight is 303 g/mol. The molecule has 9 heteroatoms. The number of anilines is 2. The number of aromatic nitrogens is 1. The van der Waals surface area contributed by atoms with Crippen molar-refractivity contribution in [2.45, 2.75) is 26.4 Å². The van der Waals surface area contributed by atoms with Crippen LogP contribution in [0.15, 0.2) is 6.07 Å². The molecule has 0 aliphatic carbocycles. The zero-order valence-electron chi connectivity index (χ0n) is 11.5. The lowest BCUT2D eigenvalue weighted by molar-refractivity contribution is -0.383. The molecule has 1 aromatic heterocycles. The normalized spacial score (nSPS) is 10.8. The highest BCUT2D eigenvalue weighted by Gasteiger charge is 2.25. The van der Waals surface area contributed by atoms with Gasteiger partial charge in [-0.25, -0.2) is 9.78 Å². The molecule has 0 saturated heterocycles. The minimum absolute atomic E-state index is 0.00556. The molecular weight excluding hydrogens is 288 g/mol. The van der Waals surface area contributed by atoms with Crippen LogP contribution in [0.5, 0.6) is 0 Å². The minimum atomic E-state index is -0.815. The lowest BCUT2D eigenvalue weighted by Gasteiger charge is -2.19. The number of nitrogens with one attached hydrogen (secondary N) is 2. The molecule has 0 aliphatic heterocycles. The highest BCUT2D eigenvalue weighted by Crippen LogP contribution is 2.33. The van der Waals surface area contributed by atoms with Gasteiger partial charge in [0.1, 0.15) is 16.4 Å². The van der Waals surface area contributed by atoms with Crippen molar-refractivity contribution in [1.82, 2.24) is 4.98 Å². The molecule has 1 aromatic rings. The Kier molecular flexibility index (Phi) is 4.72. The molecule has 0 spiro atoms. The number of rotatable bonds is 3. The van der Waals surface area contributed by atoms with Crippen molar-refractivity contribution in [3.8, 4) is 0 Å². The van der Waals surface area contributed by atoms with Crippen molar-refractivity contribution < 1.29 is 14.5 Å². The molecule has 8 nitrogen and oxygen atoms in total. The van der Waals surface area contributed by atoms with E-state index in [2.05, 4.69) is 15.6 Å². The van der Waals surface area contributed by atoms with Crippen LogP contribution in [0.4, 0.5) is 22.0 Å². The van der Waals surface area contributed by atoms with Crippen LogP contribution in [-0.4, -0.2) is 28.6 Å². The van der Waals surface area contributed by atoms with E-state index in [1.807, 2.05) is 0 Å². The first-order valence-electron chi connectivity index (χ1n) is 5.66. The zero-order valence-corrected chi connectivity index (χ0v) is 12.2. The van der Waals surface area contributed by atoms with Crippen molar-refractivity contribution in [1.29, 1.82) is 0 Å². The van der Waals surface area contributed by atoms with E-state index < -0.39 is 16.6 Å². The van der Waals surface area contributed by atoms with Gasteiger partial charge in [-0.2, -0.15) is 0 Å². The summed E-state index contributed by atoms with van der Waals surface area (Å²) in [4.78, 5) is 25.9. The van der Waals surface area contributed by atoms with E-state index in [1.54, 1.807) is 20.8 Å². The van der Waals surface area contributed by atoms with Gasteiger partial charge < -0.3 is 10.1 Å². The molecule has 0 unspecified atom stereocenters. The summed E-state index contributed by atoms with van der Waals surface area (Å²) in [6.45, 7) is 5.04. The number of hydrogen-bond acceptors (Lipinski definition) is 6. The minimum Gasteiger partial charge on any atom is -0.444 e. The highest BCUT2D eigenvalue weighted by molar-refractivity contribution is 6.30. The Balaban J connectivity index is 3.14. The van der Waals surface area contributed by atoms with E-state index >= 15 is 0 Å². The standard InChI is InChI=1S/C11H15ClN4O4/c1-11(2,3)20-10(17)14-6-5-7(12)15-9(13-4)8(6)16(18)19/h5H,1-4H3,(H2,13,14,15,17). The number of pyridine rings is 1. The third-order valence-electron chi connectivity index (χ3n) is 2.02. The average Bonchev–Trinajstić information content (AvgIpc) is 2.24. The molecule has 1 amide bonds. The van der Waals surface area contributed by atoms with Gasteiger partial charge in [0.15, 0.2) is 0 Å². The fourth-order valence-corrected chi connectivity index (χ4v) is 1.57. The fourth-order valence-electron chi connectivity index (χ4n) is 1.38. The molecule has 0 radical (unpaired) electrons. The molecule has 1 rings (SSSR count). The predicted molar refractivity (Wildman–Crippen MR) is 75.3 cm³/mol. The molecule has 0 aliphatic rings. The van der Waals surface area contributed by atoms with E-state index in [0.29, 0.717) is 0 Å². The van der Waals surface area contributed by atoms with Crippen molar-refractivity contribution >= 4 is 34.9 Å². The lowest BCUT2D eigenvalue weighted by Crippen LogP contribution is -2.27. The largest absolute Gasteiger partial charge is 0.444 e. The van der Waals surface area contributed by atoms with Crippen LogP contribution >= 0.6 is 11.6 Å². The molecule has 0 atom stereocenters. The molecule has 0 saturated carbocycles. The topological polar surface area (TPSA) is 106 Å². The third kappa shape index (κ3) is 4.23. The number of nitrogens with zero attached hydrogens (tertiary/aromatic N) is 2. The first kappa shape index (κ1) is 16.0. The lowest BCUT2D eigenvalue weighted by atomic mass is 10.2. The number of nitro groups is 1. The zero-order chi connectivity index (χ0) is 15.5. The maximum atomic E-state index is 11.7. The van der Waals surface area contributed by atoms with Crippen LogP contribution in [-0.2, 0) is 4.74 Å². The summed E-state index contributed by atoms with van der Waals surface area (Å²) < 4.78 is 5.03. The predicted octanol–water partition coefficient (Wildman–Crippen LogP) is 3.03. The maximum absolute atomic E-state index is 11.7. The smallest absolute Gasteiger partial charge is 0.412 e. The van der Waals surface area contributed by atoms with E-state index in [-0.39, 0.29) is 22.3 Å². The summed E-state index contributed by atoms with van der Waals surface area (Å²) in [7, 11) is 1.46. The Hall–Kier alpha value is -2.09. The van der Waals surface area contributed by atoms with E-state index in [4.69, 9.17) is 16.3 Å². The van der Waals surface area contributed by atoms with Crippen molar-refractivity contribution in [3.63, 3.8) is 0 Å². The summed E-state index contributed by atoms with van der Waals surface area (Å²) in [5.74, 6) is -0.0476. The number of halogens is 1. The van der Waals surface area contributed by atoms with Crippen LogP contribution in [0.2, 0.25) is 5.15 Å². The summed E-state index contributed by atoms with van der Waals surface area (Å²) in [6, 6.07) is 1.18. The summed E-state index contributed by atoms with van der Waals surface area (Å²) in [6.07, 6.45) is -0.815. The van der Waals surface area contributed by atoms with Gasteiger partial charge in [0, 0.05) is 13.1 Å². The Labute approximate surface area is 120 Å². The van der Waals surface area contributed by atoms with E-state index in [1.165, 1.54) is 13.1 Å². The van der Waals surface area contributed by atoms with Crippen molar-refractivity contribution in [2.75, 3.05) is 17.7 Å². The Morgan fingerprint density at radius 1 is 1.50 bits per heavy atom. The number of carbonyl (C=O) groups excluding carboxylic acids is 1. The van der Waals surface area contributed by atoms with Gasteiger partial charge >= 0.3 is 11.8 Å². The molecule has 2 N–H and O–H groups in total. The fraction of sp³-hybridized carbons (Fsp3) is 0.455. The Morgan fingerprint density at radius 2 is 2.10 bits per heavy atom. The number of hydrogen-bond donors (Lipinski definition) is 2. The Morgan fingerprint density at radius 3 is 2.55 bits per heavy atom. The highest BCUT2D eigenvalue weighted by atomic mass is 35.5. The second-order valence-corrected chi connectivity index (χ2v) is 5.21. The third-order valence-corrected chi connectivity index (χ3v) is 2.21. The van der Waals surface area contributed by atoms with Gasteiger partial charge in [-0.05, 0) is 20.8 Å². The van der Waals surface area contributed by atoms with Crippen molar-refractivity contribution in [3.05, 3.63) is 21.3 Å². The van der Waals surface area contributed by atoms with Gasteiger partial charge in [-0.1, -0.05) is 11.6 Å². The molecule has 20 heavy (non-hydrogen) atoms. The second-order valence-electron chi connectivity index (χ2n) is 4.82. The van der Waals surface area contributed by atoms with Crippen LogP contribution < -0.4 is 10.6 Å². The Bertz CT molecular complexity index is 542. The van der Waals surface area contributed by atoms with Crippen LogP contribution in [0.3, 0.4) is 0 Å². The molecule has 1 heterocycles. The van der Waals surface area contributed by atoms with Crippen LogP contribution in [0, 0.1) is 10.1 Å². The van der Waals surface area contributed by atoms with Gasteiger partial charge in [0.2, 0.25) is 5.82 Å². The first-order valence-corrected chi connectivity index (χ1v) is 6.04. The molecular formula is C11H15ClN4O4. The summed E-state index contributed by atoms with van der Waals surface area (Å²) in [5.41, 5.74) is -1.20. The number of ether oxygens (including phenoxy) is 1. The van der Waals surface area contributed by atoms with Gasteiger partial charge in [-0.3, -0.25) is 15.4 Å². The monoisotopic (exact) mass is 302 g/mol. The van der Waals surface area contributed by atoms with Gasteiger partial charge in [0.25, 0.3) is 0 Å². The van der Waals surface area contributed by atoms with Crippen molar-refractivity contribution in [2.24, 2.45) is 0 Å².